The number of benzene rings is 1. The van der Waals surface area contributed by atoms with E-state index >= 15 is 0 Å². The first-order chi connectivity index (χ1) is 10.5. The molecule has 1 aromatic rings. The quantitative estimate of drug-likeness (QED) is 0.701. The number of fused-ring (bicyclic) bond motifs is 1. The van der Waals surface area contributed by atoms with Gasteiger partial charge in [0.05, 0.1) is 10.6 Å². The van der Waals surface area contributed by atoms with Crippen LogP contribution < -0.4 is 10.6 Å². The second-order valence-corrected chi connectivity index (χ2v) is 7.67. The van der Waals surface area contributed by atoms with Crippen LogP contribution >= 0.6 is 0 Å². The van der Waals surface area contributed by atoms with E-state index in [1.165, 1.54) is 5.56 Å². The van der Waals surface area contributed by atoms with Gasteiger partial charge in [-0.25, -0.2) is 8.42 Å². The maximum absolute atomic E-state index is 12.3. The Morgan fingerprint density at radius 1 is 1.18 bits per heavy atom. The second-order valence-electron chi connectivity index (χ2n) is 5.56. The molecule has 0 aromatic heterocycles. The van der Waals surface area contributed by atoms with E-state index in [0.29, 0.717) is 18.0 Å². The Kier molecular flexibility index (Phi) is 5.97. The van der Waals surface area contributed by atoms with Crippen LogP contribution in [-0.4, -0.2) is 39.7 Å². The largest absolute Gasteiger partial charge is 0.355 e. The molecule has 0 heterocycles. The van der Waals surface area contributed by atoms with Gasteiger partial charge in [-0.1, -0.05) is 13.0 Å². The van der Waals surface area contributed by atoms with E-state index in [1.54, 1.807) is 12.1 Å². The Bertz CT molecular complexity index is 626. The number of likely N-dealkylation sites (N-methyl/N-ethyl adjacent to an activating group) is 1. The van der Waals surface area contributed by atoms with Crippen molar-refractivity contribution in [2.24, 2.45) is 0 Å². The van der Waals surface area contributed by atoms with E-state index in [1.807, 2.05) is 13.0 Å². The number of rotatable bonds is 8. The lowest BCUT2D eigenvalue weighted by Gasteiger charge is -2.08. The standard InChI is InChI=1S/C16H24N2O3S/c1-2-17-9-10-18-16(19)8-11-22(20,21)15-7-6-13-4-3-5-14(13)12-15/h6-7,12,17H,2-5,8-11H2,1H3,(H,18,19). The summed E-state index contributed by atoms with van der Waals surface area (Å²) in [5.74, 6) is -0.360. The van der Waals surface area contributed by atoms with Crippen molar-refractivity contribution in [1.82, 2.24) is 10.6 Å². The van der Waals surface area contributed by atoms with Crippen molar-refractivity contribution in [3.05, 3.63) is 29.3 Å². The third-order valence-corrected chi connectivity index (χ3v) is 5.61. The van der Waals surface area contributed by atoms with E-state index < -0.39 is 9.84 Å². The van der Waals surface area contributed by atoms with E-state index in [4.69, 9.17) is 0 Å². The molecule has 2 N–H and O–H groups in total. The third kappa shape index (κ3) is 4.55. The predicted octanol–water partition coefficient (Wildman–Crippen LogP) is 1.06. The Labute approximate surface area is 132 Å². The van der Waals surface area contributed by atoms with Gasteiger partial charge in [-0.05, 0) is 49.1 Å². The van der Waals surface area contributed by atoms with Gasteiger partial charge in [0, 0.05) is 19.5 Å². The van der Waals surface area contributed by atoms with Crippen LogP contribution in [0.3, 0.4) is 0 Å². The number of hydrogen-bond acceptors (Lipinski definition) is 4. The van der Waals surface area contributed by atoms with Gasteiger partial charge in [-0.2, -0.15) is 0 Å². The first kappa shape index (κ1) is 17.0. The van der Waals surface area contributed by atoms with Crippen LogP contribution in [0.1, 0.15) is 30.9 Å². The Morgan fingerprint density at radius 2 is 1.95 bits per heavy atom. The first-order valence-electron chi connectivity index (χ1n) is 7.85. The minimum absolute atomic E-state index is 0.00550. The molecule has 0 bridgehead atoms. The van der Waals surface area contributed by atoms with Crippen LogP contribution in [-0.2, 0) is 27.5 Å². The lowest BCUT2D eigenvalue weighted by atomic mass is 10.1. The normalized spacial score (nSPS) is 13.9. The van der Waals surface area contributed by atoms with E-state index in [-0.39, 0.29) is 18.1 Å². The predicted molar refractivity (Wildman–Crippen MR) is 86.7 cm³/mol. The van der Waals surface area contributed by atoms with Crippen LogP contribution in [0.4, 0.5) is 0 Å². The molecule has 0 saturated heterocycles. The van der Waals surface area contributed by atoms with Crippen LogP contribution in [0, 0.1) is 0 Å². The fourth-order valence-corrected chi connectivity index (χ4v) is 3.93. The molecule has 122 valence electrons. The molecule has 5 nitrogen and oxygen atoms in total. The molecule has 0 fully saturated rings. The number of amides is 1. The molecule has 0 spiro atoms. The summed E-state index contributed by atoms with van der Waals surface area (Å²) < 4.78 is 24.6. The Hall–Kier alpha value is -1.40. The summed E-state index contributed by atoms with van der Waals surface area (Å²) in [4.78, 5) is 12.0. The van der Waals surface area contributed by atoms with Gasteiger partial charge in [0.1, 0.15) is 0 Å². The fourth-order valence-electron chi connectivity index (χ4n) is 2.64. The molecule has 6 heteroatoms. The Balaban J connectivity index is 1.87. The van der Waals surface area contributed by atoms with Gasteiger partial charge in [-0.15, -0.1) is 0 Å². The summed E-state index contributed by atoms with van der Waals surface area (Å²) in [6, 6.07) is 5.36. The molecule has 0 unspecified atom stereocenters. The molecule has 0 aliphatic heterocycles. The van der Waals surface area contributed by atoms with Crippen molar-refractivity contribution in [1.29, 1.82) is 0 Å². The number of sulfone groups is 1. The highest BCUT2D eigenvalue weighted by molar-refractivity contribution is 7.91. The van der Waals surface area contributed by atoms with Crippen LogP contribution in [0.15, 0.2) is 23.1 Å². The molecule has 2 rings (SSSR count). The molecular formula is C16H24N2O3S. The highest BCUT2D eigenvalue weighted by atomic mass is 32.2. The second kappa shape index (κ2) is 7.74. The van der Waals surface area contributed by atoms with Crippen molar-refractivity contribution in [3.63, 3.8) is 0 Å². The molecule has 1 aliphatic carbocycles. The van der Waals surface area contributed by atoms with Crippen molar-refractivity contribution < 1.29 is 13.2 Å². The first-order valence-corrected chi connectivity index (χ1v) is 9.50. The molecule has 0 radical (unpaired) electrons. The zero-order chi connectivity index (χ0) is 16.0. The lowest BCUT2D eigenvalue weighted by molar-refractivity contribution is -0.120. The van der Waals surface area contributed by atoms with E-state index in [9.17, 15) is 13.2 Å². The van der Waals surface area contributed by atoms with Crippen molar-refractivity contribution in [2.75, 3.05) is 25.4 Å². The third-order valence-electron chi connectivity index (χ3n) is 3.90. The highest BCUT2D eigenvalue weighted by Gasteiger charge is 2.19. The van der Waals surface area contributed by atoms with E-state index in [2.05, 4.69) is 10.6 Å². The van der Waals surface area contributed by atoms with Gasteiger partial charge >= 0.3 is 0 Å². The topological polar surface area (TPSA) is 75.3 Å². The monoisotopic (exact) mass is 324 g/mol. The molecule has 1 amide bonds. The van der Waals surface area contributed by atoms with Crippen molar-refractivity contribution in [2.45, 2.75) is 37.5 Å². The van der Waals surface area contributed by atoms with Crippen LogP contribution in [0.25, 0.3) is 0 Å². The summed E-state index contributed by atoms with van der Waals surface area (Å²) in [7, 11) is -3.39. The summed E-state index contributed by atoms with van der Waals surface area (Å²) in [6.07, 6.45) is 3.08. The summed E-state index contributed by atoms with van der Waals surface area (Å²) in [5.41, 5.74) is 2.39. The molecule has 22 heavy (non-hydrogen) atoms. The van der Waals surface area contributed by atoms with Gasteiger partial charge in [0.25, 0.3) is 0 Å². The van der Waals surface area contributed by atoms with Crippen LogP contribution in [0.5, 0.6) is 0 Å². The minimum atomic E-state index is -3.39. The summed E-state index contributed by atoms with van der Waals surface area (Å²) in [6.45, 7) is 4.05. The SMILES string of the molecule is CCNCCNC(=O)CCS(=O)(=O)c1ccc2c(c1)CCC2. The van der Waals surface area contributed by atoms with E-state index in [0.717, 1.165) is 31.4 Å². The zero-order valence-electron chi connectivity index (χ0n) is 13.0. The van der Waals surface area contributed by atoms with Crippen molar-refractivity contribution in [3.8, 4) is 0 Å². The Morgan fingerprint density at radius 3 is 2.73 bits per heavy atom. The number of nitrogens with one attached hydrogen (secondary N) is 2. The molecule has 1 aromatic carbocycles. The van der Waals surface area contributed by atoms with Gasteiger partial charge in [-0.3, -0.25) is 4.79 Å². The van der Waals surface area contributed by atoms with Gasteiger partial charge in [0.2, 0.25) is 5.91 Å². The summed E-state index contributed by atoms with van der Waals surface area (Å²) in [5, 5.41) is 5.81. The molecule has 0 saturated carbocycles. The molecular weight excluding hydrogens is 300 g/mol. The fraction of sp³-hybridized carbons (Fsp3) is 0.562. The molecule has 1 aliphatic rings. The summed E-state index contributed by atoms with van der Waals surface area (Å²) >= 11 is 0. The van der Waals surface area contributed by atoms with Crippen molar-refractivity contribution >= 4 is 15.7 Å². The maximum atomic E-state index is 12.3. The number of aryl methyl sites for hydroxylation is 2. The highest BCUT2D eigenvalue weighted by Crippen LogP contribution is 2.25. The number of carbonyl (C=O) groups is 1. The van der Waals surface area contributed by atoms with Crippen LogP contribution in [0.2, 0.25) is 0 Å². The van der Waals surface area contributed by atoms with Gasteiger partial charge < -0.3 is 10.6 Å². The average Bonchev–Trinajstić information content (AvgIpc) is 2.97. The average molecular weight is 324 g/mol. The van der Waals surface area contributed by atoms with Gasteiger partial charge in [0.15, 0.2) is 9.84 Å². The lowest BCUT2D eigenvalue weighted by Crippen LogP contribution is -2.32. The number of hydrogen-bond donors (Lipinski definition) is 2. The molecule has 0 atom stereocenters. The zero-order valence-corrected chi connectivity index (χ0v) is 13.8. The smallest absolute Gasteiger partial charge is 0.221 e. The number of carbonyl (C=O) groups excluding carboxylic acids is 1. The minimum Gasteiger partial charge on any atom is -0.355 e. The maximum Gasteiger partial charge on any atom is 0.221 e.